The molecule has 1 N–H and O–H groups in total. The van der Waals surface area contributed by atoms with Crippen LogP contribution in [0.3, 0.4) is 0 Å². The van der Waals surface area contributed by atoms with Crippen LogP contribution < -0.4 is 14.8 Å². The van der Waals surface area contributed by atoms with Crippen molar-refractivity contribution < 1.29 is 14.3 Å². The average molecular weight is 410 g/mol. The van der Waals surface area contributed by atoms with Gasteiger partial charge in [-0.15, -0.1) is 10.2 Å². The predicted octanol–water partition coefficient (Wildman–Crippen LogP) is 4.37. The zero-order valence-electron chi connectivity index (χ0n) is 16.5. The van der Waals surface area contributed by atoms with Gasteiger partial charge in [0.05, 0.1) is 5.25 Å². The Labute approximate surface area is 173 Å². The maximum atomic E-state index is 12.7. The van der Waals surface area contributed by atoms with Crippen molar-refractivity contribution in [2.24, 2.45) is 0 Å². The van der Waals surface area contributed by atoms with Gasteiger partial charge in [-0.3, -0.25) is 9.36 Å². The third-order valence-electron chi connectivity index (χ3n) is 4.50. The van der Waals surface area contributed by atoms with Crippen LogP contribution in [0.4, 0.5) is 5.69 Å². The quantitative estimate of drug-likeness (QED) is 0.608. The maximum absolute atomic E-state index is 12.7. The number of carbonyl (C=O) groups excluding carboxylic acids is 1. The minimum atomic E-state index is -0.356. The molecule has 1 atom stereocenters. The van der Waals surface area contributed by atoms with Gasteiger partial charge in [-0.05, 0) is 32.9 Å². The molecule has 2 heterocycles. The number of hydrogen-bond acceptors (Lipinski definition) is 6. The third-order valence-corrected chi connectivity index (χ3v) is 5.56. The van der Waals surface area contributed by atoms with Crippen LogP contribution in [0.1, 0.15) is 26.8 Å². The zero-order valence-corrected chi connectivity index (χ0v) is 17.3. The summed E-state index contributed by atoms with van der Waals surface area (Å²) in [6.07, 6.45) is 0. The predicted molar refractivity (Wildman–Crippen MR) is 112 cm³/mol. The Bertz CT molecular complexity index is 1020. The van der Waals surface area contributed by atoms with Gasteiger partial charge in [0.25, 0.3) is 0 Å². The molecule has 0 spiro atoms. The third kappa shape index (κ3) is 4.07. The summed E-state index contributed by atoms with van der Waals surface area (Å²) in [6, 6.07) is 15.4. The smallest absolute Gasteiger partial charge is 0.237 e. The molecule has 0 saturated heterocycles. The fourth-order valence-corrected chi connectivity index (χ4v) is 4.02. The first kappa shape index (κ1) is 19.3. The van der Waals surface area contributed by atoms with Gasteiger partial charge < -0.3 is 14.8 Å². The van der Waals surface area contributed by atoms with Gasteiger partial charge in [-0.2, -0.15) is 0 Å². The van der Waals surface area contributed by atoms with Gasteiger partial charge in [0.2, 0.25) is 12.7 Å². The summed E-state index contributed by atoms with van der Waals surface area (Å²) in [5, 5.41) is 12.0. The van der Waals surface area contributed by atoms with Crippen LogP contribution in [-0.2, 0) is 4.79 Å². The van der Waals surface area contributed by atoms with E-state index in [1.807, 2.05) is 37.3 Å². The van der Waals surface area contributed by atoms with Crippen molar-refractivity contribution >= 4 is 23.4 Å². The molecule has 0 aliphatic carbocycles. The summed E-state index contributed by atoms with van der Waals surface area (Å²) in [5.41, 5.74) is 1.67. The van der Waals surface area contributed by atoms with Crippen molar-refractivity contribution in [2.75, 3.05) is 12.1 Å². The van der Waals surface area contributed by atoms with Crippen LogP contribution in [-0.4, -0.2) is 32.7 Å². The Morgan fingerprint density at radius 2 is 1.83 bits per heavy atom. The Hall–Kier alpha value is -3.00. The number of nitrogens with one attached hydrogen (secondary N) is 1. The van der Waals surface area contributed by atoms with Crippen molar-refractivity contribution in [3.63, 3.8) is 0 Å². The molecule has 0 bridgehead atoms. The van der Waals surface area contributed by atoms with E-state index in [2.05, 4.69) is 33.9 Å². The largest absolute Gasteiger partial charge is 0.454 e. The molecule has 8 heteroatoms. The molecule has 1 aliphatic heterocycles. The van der Waals surface area contributed by atoms with E-state index in [4.69, 9.17) is 9.47 Å². The van der Waals surface area contributed by atoms with Crippen LogP contribution in [0.15, 0.2) is 53.7 Å². The summed E-state index contributed by atoms with van der Waals surface area (Å²) in [4.78, 5) is 12.7. The number of thioether (sulfide) groups is 1. The Balaban J connectivity index is 1.50. The molecule has 0 fully saturated rings. The van der Waals surface area contributed by atoms with Crippen molar-refractivity contribution in [1.29, 1.82) is 0 Å². The lowest BCUT2D eigenvalue weighted by Crippen LogP contribution is -2.23. The molecule has 4 rings (SSSR count). The van der Waals surface area contributed by atoms with Gasteiger partial charge >= 0.3 is 0 Å². The molecule has 1 aromatic heterocycles. The highest BCUT2D eigenvalue weighted by Gasteiger charge is 2.23. The monoisotopic (exact) mass is 410 g/mol. The van der Waals surface area contributed by atoms with Gasteiger partial charge in [-0.1, -0.05) is 42.1 Å². The van der Waals surface area contributed by atoms with Crippen LogP contribution >= 0.6 is 11.8 Å². The van der Waals surface area contributed by atoms with Gasteiger partial charge in [0.1, 0.15) is 0 Å². The number of anilines is 1. The highest BCUT2D eigenvalue weighted by molar-refractivity contribution is 8.00. The lowest BCUT2D eigenvalue weighted by molar-refractivity contribution is -0.115. The molecule has 0 radical (unpaired) electrons. The Morgan fingerprint density at radius 1 is 1.07 bits per heavy atom. The second-order valence-electron chi connectivity index (χ2n) is 6.95. The number of ether oxygens (including phenoxy) is 2. The molecule has 29 heavy (non-hydrogen) atoms. The van der Waals surface area contributed by atoms with Crippen LogP contribution in [0.25, 0.3) is 11.4 Å². The summed E-state index contributed by atoms with van der Waals surface area (Å²) >= 11 is 1.39. The average Bonchev–Trinajstić information content (AvgIpc) is 3.35. The van der Waals surface area contributed by atoms with Crippen LogP contribution in [0.5, 0.6) is 11.5 Å². The van der Waals surface area contributed by atoms with Crippen molar-refractivity contribution in [3.05, 3.63) is 48.5 Å². The molecule has 0 saturated carbocycles. The van der Waals surface area contributed by atoms with E-state index >= 15 is 0 Å². The lowest BCUT2D eigenvalue weighted by atomic mass is 10.2. The molecule has 3 aromatic rings. The zero-order chi connectivity index (χ0) is 20.4. The second kappa shape index (κ2) is 8.16. The molecular formula is C21H22N4O3S. The van der Waals surface area contributed by atoms with E-state index in [1.54, 1.807) is 18.2 Å². The highest BCUT2D eigenvalue weighted by atomic mass is 32.2. The number of rotatable bonds is 6. The summed E-state index contributed by atoms with van der Waals surface area (Å²) < 4.78 is 12.7. The van der Waals surface area contributed by atoms with Crippen molar-refractivity contribution in [1.82, 2.24) is 14.8 Å². The number of aromatic nitrogens is 3. The number of fused-ring (bicyclic) bond motifs is 1. The van der Waals surface area contributed by atoms with Crippen molar-refractivity contribution in [3.8, 4) is 22.9 Å². The molecule has 150 valence electrons. The van der Waals surface area contributed by atoms with E-state index in [1.165, 1.54) is 11.8 Å². The number of amides is 1. The second-order valence-corrected chi connectivity index (χ2v) is 8.26. The first-order chi connectivity index (χ1) is 14.0. The number of benzene rings is 2. The molecular weight excluding hydrogens is 388 g/mol. The van der Waals surface area contributed by atoms with E-state index in [0.717, 1.165) is 11.4 Å². The van der Waals surface area contributed by atoms with Gasteiger partial charge in [0, 0.05) is 23.4 Å². The minimum absolute atomic E-state index is 0.117. The SMILES string of the molecule is CC(C)n1c(S[C@@H](C)C(=O)Nc2ccc3c(c2)OCO3)nnc1-c1ccccc1. The van der Waals surface area contributed by atoms with E-state index in [0.29, 0.717) is 22.3 Å². The fraction of sp³-hybridized carbons (Fsp3) is 0.286. The summed E-state index contributed by atoms with van der Waals surface area (Å²) in [7, 11) is 0. The van der Waals surface area contributed by atoms with Crippen LogP contribution in [0, 0.1) is 0 Å². The standard InChI is InChI=1S/C21H22N4O3S/c1-13(2)25-19(15-7-5-4-6-8-15)23-24-21(25)29-14(3)20(26)22-16-9-10-17-18(11-16)28-12-27-17/h4-11,13-14H,12H2,1-3H3,(H,22,26)/t14-/m0/s1. The van der Waals surface area contributed by atoms with Gasteiger partial charge in [0.15, 0.2) is 22.5 Å². The molecule has 1 amide bonds. The van der Waals surface area contributed by atoms with E-state index in [9.17, 15) is 4.79 Å². The Morgan fingerprint density at radius 3 is 2.59 bits per heavy atom. The normalized spacial score (nSPS) is 13.5. The molecule has 1 aliphatic rings. The molecule has 2 aromatic carbocycles. The molecule has 0 unspecified atom stereocenters. The van der Waals surface area contributed by atoms with E-state index in [-0.39, 0.29) is 24.0 Å². The van der Waals surface area contributed by atoms with Crippen LogP contribution in [0.2, 0.25) is 0 Å². The number of hydrogen-bond donors (Lipinski definition) is 1. The minimum Gasteiger partial charge on any atom is -0.454 e. The summed E-state index contributed by atoms with van der Waals surface area (Å²) in [5.74, 6) is 2.00. The topological polar surface area (TPSA) is 78.3 Å². The number of nitrogens with zero attached hydrogens (tertiary/aromatic N) is 3. The fourth-order valence-electron chi connectivity index (χ4n) is 3.04. The first-order valence-electron chi connectivity index (χ1n) is 9.40. The Kier molecular flexibility index (Phi) is 5.44. The number of carbonyl (C=O) groups is 1. The van der Waals surface area contributed by atoms with E-state index < -0.39 is 0 Å². The highest BCUT2D eigenvalue weighted by Crippen LogP contribution is 2.35. The first-order valence-corrected chi connectivity index (χ1v) is 10.3. The van der Waals surface area contributed by atoms with Crippen molar-refractivity contribution in [2.45, 2.75) is 37.2 Å². The maximum Gasteiger partial charge on any atom is 0.237 e. The molecule has 7 nitrogen and oxygen atoms in total. The lowest BCUT2D eigenvalue weighted by Gasteiger charge is -2.16. The van der Waals surface area contributed by atoms with Gasteiger partial charge in [-0.25, -0.2) is 0 Å². The summed E-state index contributed by atoms with van der Waals surface area (Å²) in [6.45, 7) is 6.22.